The minimum atomic E-state index is -1.07. The monoisotopic (exact) mass is 680 g/mol. The first-order valence-corrected chi connectivity index (χ1v) is 17.6. The number of hydrogen-bond acceptors (Lipinski definition) is 6. The number of methoxy groups -OCH3 is 1. The van der Waals surface area contributed by atoms with E-state index in [0.29, 0.717) is 35.2 Å². The largest absolute Gasteiger partial charge is 0.481 e. The zero-order valence-electron chi connectivity index (χ0n) is 27.4. The summed E-state index contributed by atoms with van der Waals surface area (Å²) in [4.78, 5) is 14.6. The van der Waals surface area contributed by atoms with E-state index in [-0.39, 0.29) is 5.92 Å². The van der Waals surface area contributed by atoms with Crippen molar-refractivity contribution >= 4 is 16.9 Å². The molecule has 0 fully saturated rings. The Morgan fingerprint density at radius 3 is 2.04 bits per heavy atom. The highest BCUT2D eigenvalue weighted by Crippen LogP contribution is 2.52. The molecule has 0 spiro atoms. The lowest BCUT2D eigenvalue weighted by Crippen LogP contribution is -2.52. The number of fused-ring (bicyclic) bond motifs is 2. The number of rotatable bonds is 7. The number of hydrogen-bond donors (Lipinski definition) is 1. The molecule has 248 valence electrons. The fraction of sp³-hybridized carbons (Fsp3) is 0.167. The maximum atomic E-state index is 16.2. The second-order valence-corrected chi connectivity index (χ2v) is 13.7. The van der Waals surface area contributed by atoms with Gasteiger partial charge in [-0.2, -0.15) is 0 Å². The topological polar surface area (TPSA) is 59.4 Å². The predicted molar refractivity (Wildman–Crippen MR) is 195 cm³/mol. The Labute approximate surface area is 294 Å². The molecule has 8 heteroatoms. The molecule has 1 aliphatic heterocycles. The number of aromatic nitrogens is 2. The Kier molecular flexibility index (Phi) is 8.41. The molecule has 1 N–H and O–H groups in total. The van der Waals surface area contributed by atoms with Gasteiger partial charge in [0, 0.05) is 65.0 Å². The van der Waals surface area contributed by atoms with Gasteiger partial charge in [-0.1, -0.05) is 115 Å². The minimum Gasteiger partial charge on any atom is -0.481 e. The van der Waals surface area contributed by atoms with E-state index in [1.165, 1.54) is 6.07 Å². The highest BCUT2D eigenvalue weighted by atomic mass is 32.2. The molecular formula is C42H34F2N4OS. The maximum absolute atomic E-state index is 16.2. The molecule has 6 aromatic rings. The Morgan fingerprint density at radius 1 is 0.800 bits per heavy atom. The highest BCUT2D eigenvalue weighted by molar-refractivity contribution is 8.13. The molecule has 0 bridgehead atoms. The molecule has 8 rings (SSSR count). The van der Waals surface area contributed by atoms with Crippen molar-refractivity contribution in [3.63, 3.8) is 0 Å². The normalized spacial score (nSPS) is 18.4. The smallest absolute Gasteiger partial charge is 0.216 e. The first kappa shape index (κ1) is 31.9. The average molecular weight is 681 g/mol. The second kappa shape index (κ2) is 13.2. The van der Waals surface area contributed by atoms with Crippen molar-refractivity contribution in [3.8, 4) is 17.0 Å². The fourth-order valence-electron chi connectivity index (χ4n) is 7.70. The summed E-state index contributed by atoms with van der Waals surface area (Å²) in [5, 5.41) is 4.59. The number of ether oxygens (including phenoxy) is 1. The van der Waals surface area contributed by atoms with Gasteiger partial charge in [0.25, 0.3) is 0 Å². The van der Waals surface area contributed by atoms with Crippen molar-refractivity contribution in [2.45, 2.75) is 23.9 Å². The molecule has 0 radical (unpaired) electrons. The van der Waals surface area contributed by atoms with E-state index in [1.807, 2.05) is 79.1 Å². The summed E-state index contributed by atoms with van der Waals surface area (Å²) in [6.45, 7) is 0. The van der Waals surface area contributed by atoms with Gasteiger partial charge in [-0.15, -0.1) is 0 Å². The van der Waals surface area contributed by atoms with Crippen LogP contribution in [0.3, 0.4) is 0 Å². The Balaban J connectivity index is 1.35. The number of aliphatic imine (C=N–C) groups is 1. The second-order valence-electron chi connectivity index (χ2n) is 12.7. The van der Waals surface area contributed by atoms with Crippen LogP contribution in [0.2, 0.25) is 0 Å². The zero-order valence-corrected chi connectivity index (χ0v) is 28.2. The van der Waals surface area contributed by atoms with Crippen LogP contribution in [0.4, 0.5) is 8.78 Å². The summed E-state index contributed by atoms with van der Waals surface area (Å²) in [5.41, 5.74) is 5.43. The first-order chi connectivity index (χ1) is 24.5. The molecule has 0 unspecified atom stereocenters. The van der Waals surface area contributed by atoms with Crippen LogP contribution in [0.1, 0.15) is 33.4 Å². The van der Waals surface area contributed by atoms with Gasteiger partial charge in [-0.25, -0.2) is 13.8 Å². The molecule has 50 heavy (non-hydrogen) atoms. The third-order valence-corrected chi connectivity index (χ3v) is 11.1. The minimum absolute atomic E-state index is 0.118. The fourth-order valence-corrected chi connectivity index (χ4v) is 8.91. The number of pyridine rings is 2. The molecule has 4 aromatic carbocycles. The van der Waals surface area contributed by atoms with Crippen LogP contribution in [0.5, 0.6) is 5.88 Å². The van der Waals surface area contributed by atoms with Crippen molar-refractivity contribution in [3.05, 3.63) is 185 Å². The van der Waals surface area contributed by atoms with Crippen LogP contribution >= 0.6 is 11.8 Å². The third kappa shape index (κ3) is 5.44. The molecule has 0 saturated carbocycles. The van der Waals surface area contributed by atoms with E-state index in [2.05, 4.69) is 46.7 Å². The summed E-state index contributed by atoms with van der Waals surface area (Å²) in [5.74, 6) is -0.245. The number of benzene rings is 4. The number of nitrogens with zero attached hydrogens (tertiary/aromatic N) is 3. The van der Waals surface area contributed by atoms with Crippen LogP contribution in [0.25, 0.3) is 11.1 Å². The van der Waals surface area contributed by atoms with Gasteiger partial charge in [0.05, 0.1) is 12.6 Å². The van der Waals surface area contributed by atoms with E-state index in [4.69, 9.17) is 14.7 Å². The third-order valence-electron chi connectivity index (χ3n) is 10.0. The van der Waals surface area contributed by atoms with Gasteiger partial charge in [-0.3, -0.25) is 9.98 Å². The van der Waals surface area contributed by atoms with Crippen LogP contribution in [0.15, 0.2) is 145 Å². The number of nitrogens with one attached hydrogen (secondary N) is 1. The van der Waals surface area contributed by atoms with Gasteiger partial charge in [0.15, 0.2) is 5.17 Å². The summed E-state index contributed by atoms with van der Waals surface area (Å²) in [6.07, 6.45) is 6.33. The summed E-state index contributed by atoms with van der Waals surface area (Å²) < 4.78 is 36.5. The molecule has 2 atom stereocenters. The Hall–Kier alpha value is -5.34. The van der Waals surface area contributed by atoms with Crippen molar-refractivity contribution < 1.29 is 13.5 Å². The van der Waals surface area contributed by atoms with Crippen LogP contribution < -0.4 is 10.1 Å². The highest BCUT2D eigenvalue weighted by Gasteiger charge is 2.51. The van der Waals surface area contributed by atoms with Crippen LogP contribution in [-0.2, 0) is 23.9 Å². The molecule has 0 amide bonds. The van der Waals surface area contributed by atoms with Crippen molar-refractivity contribution in [2.75, 3.05) is 12.9 Å². The van der Waals surface area contributed by atoms with Gasteiger partial charge in [-0.05, 0) is 40.8 Å². The van der Waals surface area contributed by atoms with E-state index >= 15 is 4.39 Å². The maximum Gasteiger partial charge on any atom is 0.216 e. The van der Waals surface area contributed by atoms with Crippen LogP contribution in [0, 0.1) is 17.6 Å². The lowest BCUT2D eigenvalue weighted by atomic mass is 9.66. The van der Waals surface area contributed by atoms with Gasteiger partial charge in [0.1, 0.15) is 17.2 Å². The van der Waals surface area contributed by atoms with Gasteiger partial charge in [0.2, 0.25) is 5.88 Å². The average Bonchev–Trinajstić information content (AvgIpc) is 3.17. The first-order valence-electron chi connectivity index (χ1n) is 16.6. The summed E-state index contributed by atoms with van der Waals surface area (Å²) in [7, 11) is 1.60. The molecule has 2 aromatic heterocycles. The molecule has 0 saturated heterocycles. The molecule has 2 aliphatic rings. The van der Waals surface area contributed by atoms with Crippen molar-refractivity contribution in [1.29, 1.82) is 0 Å². The Bertz CT molecular complexity index is 2070. The lowest BCUT2D eigenvalue weighted by Gasteiger charge is -2.47. The Morgan fingerprint density at radius 2 is 1.46 bits per heavy atom. The van der Waals surface area contributed by atoms with E-state index in [1.54, 1.807) is 31.1 Å². The molecule has 5 nitrogen and oxygen atoms in total. The predicted octanol–water partition coefficient (Wildman–Crippen LogP) is 8.73. The quantitative estimate of drug-likeness (QED) is 0.171. The standard InChI is InChI=1S/C42H34F2N4OS/c1-49-39-35-24-41(37-20-19-33(43)23-38(37)44)32(22-34(35)36(26-46-39)28-12-11-21-45-25-28)27-50-40(47-41)48-42(29-13-5-2-6-14-29,30-15-7-3-8-16-30)31-17-9-4-10-18-31/h2-21,23,25-26,32H,22,24,27H2,1H3,(H,47,48)/t32-,41-/m0/s1. The molecular weight excluding hydrogens is 647 g/mol. The lowest BCUT2D eigenvalue weighted by molar-refractivity contribution is 0.261. The van der Waals surface area contributed by atoms with E-state index in [9.17, 15) is 4.39 Å². The molecule has 1 aliphatic carbocycles. The summed E-state index contributed by atoms with van der Waals surface area (Å²) in [6, 6.07) is 38.7. The SMILES string of the molecule is COc1ncc(-c2cccnc2)c2c1C[C@]1(c3ccc(F)cc3F)N=C(NC(c3ccccc3)(c3ccccc3)c3ccccc3)SC[C@@H]1C2. The number of amidine groups is 1. The van der Waals surface area contributed by atoms with Gasteiger partial charge >= 0.3 is 0 Å². The van der Waals surface area contributed by atoms with E-state index < -0.39 is 22.7 Å². The van der Waals surface area contributed by atoms with Gasteiger partial charge < -0.3 is 10.1 Å². The number of halogens is 2. The molecule has 3 heterocycles. The van der Waals surface area contributed by atoms with Crippen molar-refractivity contribution in [1.82, 2.24) is 15.3 Å². The van der Waals surface area contributed by atoms with E-state index in [0.717, 1.165) is 45.0 Å². The van der Waals surface area contributed by atoms with Crippen LogP contribution in [-0.4, -0.2) is 28.0 Å². The zero-order chi connectivity index (χ0) is 34.1. The summed E-state index contributed by atoms with van der Waals surface area (Å²) >= 11 is 1.63. The van der Waals surface area contributed by atoms with Crippen molar-refractivity contribution in [2.24, 2.45) is 10.9 Å². The number of thioether (sulfide) groups is 1.